The van der Waals surface area contributed by atoms with Gasteiger partial charge in [0.2, 0.25) is 5.91 Å². The van der Waals surface area contributed by atoms with E-state index in [4.69, 9.17) is 11.6 Å². The molecule has 2 aromatic rings. The van der Waals surface area contributed by atoms with Crippen molar-refractivity contribution in [2.75, 3.05) is 5.32 Å². The number of hydrogen-bond donors (Lipinski definition) is 1. The van der Waals surface area contributed by atoms with Gasteiger partial charge in [0.15, 0.2) is 0 Å². The number of nitrogens with one attached hydrogen (secondary N) is 1. The Balaban J connectivity index is 1.91. The van der Waals surface area contributed by atoms with Gasteiger partial charge in [-0.1, -0.05) is 37.6 Å². The number of fused-ring (bicyclic) bond motifs is 1. The van der Waals surface area contributed by atoms with Gasteiger partial charge in [0.25, 0.3) is 17.5 Å². The van der Waals surface area contributed by atoms with Crippen LogP contribution in [0.15, 0.2) is 42.5 Å². The molecule has 1 N–H and O–H groups in total. The zero-order valence-electron chi connectivity index (χ0n) is 15.0. The van der Waals surface area contributed by atoms with Crippen LogP contribution in [-0.4, -0.2) is 33.6 Å². The van der Waals surface area contributed by atoms with Gasteiger partial charge in [0, 0.05) is 11.8 Å². The first-order chi connectivity index (χ1) is 13.2. The largest absolute Gasteiger partial charge is 0.324 e. The summed E-state index contributed by atoms with van der Waals surface area (Å²) in [4.78, 5) is 49.6. The van der Waals surface area contributed by atoms with Gasteiger partial charge in [0.1, 0.15) is 11.1 Å². The molecule has 0 spiro atoms. The van der Waals surface area contributed by atoms with Crippen molar-refractivity contribution in [2.45, 2.75) is 19.9 Å². The number of halogens is 1. The number of rotatable bonds is 5. The predicted octanol–water partition coefficient (Wildman–Crippen LogP) is 3.51. The molecule has 1 aliphatic heterocycles. The van der Waals surface area contributed by atoms with E-state index in [1.807, 2.05) is 0 Å². The lowest BCUT2D eigenvalue weighted by Gasteiger charge is -2.28. The van der Waals surface area contributed by atoms with Crippen LogP contribution >= 0.6 is 11.6 Å². The molecule has 1 aliphatic rings. The lowest BCUT2D eigenvalue weighted by Crippen LogP contribution is -2.50. The molecule has 0 aliphatic carbocycles. The summed E-state index contributed by atoms with van der Waals surface area (Å²) in [5.74, 6) is -2.10. The van der Waals surface area contributed by atoms with E-state index in [1.165, 1.54) is 24.3 Å². The van der Waals surface area contributed by atoms with Crippen LogP contribution in [-0.2, 0) is 4.79 Å². The number of benzene rings is 2. The van der Waals surface area contributed by atoms with E-state index in [0.717, 1.165) is 11.0 Å². The fraction of sp³-hybridized carbons (Fsp3) is 0.211. The summed E-state index contributed by atoms with van der Waals surface area (Å²) in [5, 5.41) is 13.5. The average molecular weight is 402 g/mol. The van der Waals surface area contributed by atoms with Crippen molar-refractivity contribution in [1.29, 1.82) is 0 Å². The molecular formula is C19H16ClN3O5. The van der Waals surface area contributed by atoms with Gasteiger partial charge < -0.3 is 5.32 Å². The summed E-state index contributed by atoms with van der Waals surface area (Å²) in [7, 11) is 0. The highest BCUT2D eigenvalue weighted by molar-refractivity contribution is 6.32. The second-order valence-electron chi connectivity index (χ2n) is 6.63. The minimum absolute atomic E-state index is 0.0660. The van der Waals surface area contributed by atoms with Crippen LogP contribution in [0.3, 0.4) is 0 Å². The van der Waals surface area contributed by atoms with Crippen LogP contribution in [0.4, 0.5) is 11.4 Å². The van der Waals surface area contributed by atoms with Crippen molar-refractivity contribution in [3.8, 4) is 0 Å². The molecule has 144 valence electrons. The van der Waals surface area contributed by atoms with Crippen molar-refractivity contribution in [2.24, 2.45) is 5.92 Å². The van der Waals surface area contributed by atoms with Gasteiger partial charge in [-0.05, 0) is 30.2 Å². The maximum atomic E-state index is 12.9. The highest BCUT2D eigenvalue weighted by atomic mass is 35.5. The number of nitrogens with zero attached hydrogens (tertiary/aromatic N) is 2. The minimum atomic E-state index is -1.08. The molecular weight excluding hydrogens is 386 g/mol. The number of nitro benzene ring substituents is 1. The van der Waals surface area contributed by atoms with Gasteiger partial charge >= 0.3 is 0 Å². The molecule has 9 heteroatoms. The first-order valence-corrected chi connectivity index (χ1v) is 8.82. The number of carbonyl (C=O) groups excluding carboxylic acids is 3. The number of anilines is 1. The summed E-state index contributed by atoms with van der Waals surface area (Å²) >= 11 is 5.78. The highest BCUT2D eigenvalue weighted by Gasteiger charge is 2.43. The van der Waals surface area contributed by atoms with E-state index in [1.54, 1.807) is 26.0 Å². The predicted molar refractivity (Wildman–Crippen MR) is 102 cm³/mol. The molecule has 0 saturated heterocycles. The molecule has 0 unspecified atom stereocenters. The smallest absolute Gasteiger partial charge is 0.289 e. The highest BCUT2D eigenvalue weighted by Crippen LogP contribution is 2.30. The van der Waals surface area contributed by atoms with Crippen LogP contribution in [0.25, 0.3) is 0 Å². The third-order valence-corrected chi connectivity index (χ3v) is 4.73. The fourth-order valence-electron chi connectivity index (χ4n) is 3.13. The Labute approximate surface area is 165 Å². The molecule has 0 radical (unpaired) electrons. The summed E-state index contributed by atoms with van der Waals surface area (Å²) < 4.78 is 0. The van der Waals surface area contributed by atoms with Crippen molar-refractivity contribution >= 4 is 40.7 Å². The zero-order valence-corrected chi connectivity index (χ0v) is 15.8. The van der Waals surface area contributed by atoms with E-state index in [-0.39, 0.29) is 33.4 Å². The molecule has 0 fully saturated rings. The van der Waals surface area contributed by atoms with E-state index >= 15 is 0 Å². The zero-order chi connectivity index (χ0) is 20.6. The lowest BCUT2D eigenvalue weighted by molar-refractivity contribution is -0.384. The second-order valence-corrected chi connectivity index (χ2v) is 7.03. The standard InChI is InChI=1S/C19H16ClN3O5/c1-10(2)16(22-18(25)12-5-3-4-6-13(12)19(22)26)17(24)21-11-7-8-14(20)15(9-11)23(27)28/h3-10,16H,1-2H3,(H,21,24)/t16-/m1/s1. The summed E-state index contributed by atoms with van der Waals surface area (Å²) in [6, 6.07) is 9.10. The maximum absolute atomic E-state index is 12.9. The number of imide groups is 1. The third kappa shape index (κ3) is 3.34. The Morgan fingerprint density at radius 2 is 1.68 bits per heavy atom. The van der Waals surface area contributed by atoms with E-state index in [0.29, 0.717) is 0 Å². The van der Waals surface area contributed by atoms with Gasteiger partial charge in [-0.15, -0.1) is 0 Å². The minimum Gasteiger partial charge on any atom is -0.324 e. The van der Waals surface area contributed by atoms with Crippen LogP contribution in [0, 0.1) is 16.0 Å². The Bertz CT molecular complexity index is 970. The monoisotopic (exact) mass is 401 g/mol. The number of hydrogen-bond acceptors (Lipinski definition) is 5. The number of nitro groups is 1. The van der Waals surface area contributed by atoms with Crippen molar-refractivity contribution in [1.82, 2.24) is 4.90 Å². The van der Waals surface area contributed by atoms with Crippen molar-refractivity contribution in [3.05, 3.63) is 68.7 Å². The van der Waals surface area contributed by atoms with Crippen molar-refractivity contribution < 1.29 is 19.3 Å². The molecule has 0 bridgehead atoms. The SMILES string of the molecule is CC(C)[C@H](C(=O)Nc1ccc(Cl)c([N+](=O)[O-])c1)N1C(=O)c2ccccc2C1=O. The Hall–Kier alpha value is -3.26. The Morgan fingerprint density at radius 3 is 2.18 bits per heavy atom. The molecule has 3 amide bonds. The average Bonchev–Trinajstić information content (AvgIpc) is 2.88. The Kier molecular flexibility index (Phi) is 5.15. The van der Waals surface area contributed by atoms with E-state index in [9.17, 15) is 24.5 Å². The molecule has 8 nitrogen and oxygen atoms in total. The molecule has 28 heavy (non-hydrogen) atoms. The topological polar surface area (TPSA) is 110 Å². The van der Waals surface area contributed by atoms with Gasteiger partial charge in [-0.2, -0.15) is 0 Å². The molecule has 1 heterocycles. The van der Waals surface area contributed by atoms with Gasteiger partial charge in [0.05, 0.1) is 16.1 Å². The van der Waals surface area contributed by atoms with Crippen LogP contribution in [0.5, 0.6) is 0 Å². The van der Waals surface area contributed by atoms with Crippen LogP contribution in [0.2, 0.25) is 5.02 Å². The second kappa shape index (κ2) is 7.40. The van der Waals surface area contributed by atoms with Gasteiger partial charge in [-0.3, -0.25) is 29.4 Å². The lowest BCUT2D eigenvalue weighted by atomic mass is 10.0. The third-order valence-electron chi connectivity index (χ3n) is 4.41. The van der Waals surface area contributed by atoms with Gasteiger partial charge in [-0.25, -0.2) is 0 Å². The quantitative estimate of drug-likeness (QED) is 0.468. The Morgan fingerprint density at radius 1 is 1.11 bits per heavy atom. The van der Waals surface area contributed by atoms with Crippen LogP contribution in [0.1, 0.15) is 34.6 Å². The molecule has 0 aromatic heterocycles. The molecule has 0 saturated carbocycles. The summed E-state index contributed by atoms with van der Waals surface area (Å²) in [6.45, 7) is 3.41. The van der Waals surface area contributed by atoms with Crippen molar-refractivity contribution in [3.63, 3.8) is 0 Å². The normalized spacial score (nSPS) is 14.2. The first kappa shape index (κ1) is 19.5. The fourth-order valence-corrected chi connectivity index (χ4v) is 3.31. The summed E-state index contributed by atoms with van der Waals surface area (Å²) in [6.07, 6.45) is 0. The van der Waals surface area contributed by atoms with E-state index in [2.05, 4.69) is 5.32 Å². The number of amides is 3. The first-order valence-electron chi connectivity index (χ1n) is 8.44. The summed E-state index contributed by atoms with van der Waals surface area (Å²) in [5.41, 5.74) is 0.269. The molecule has 3 rings (SSSR count). The number of carbonyl (C=O) groups is 3. The van der Waals surface area contributed by atoms with E-state index < -0.39 is 28.7 Å². The molecule has 2 aromatic carbocycles. The maximum Gasteiger partial charge on any atom is 0.289 e. The van der Waals surface area contributed by atoms with Crippen LogP contribution < -0.4 is 5.32 Å². The molecule has 1 atom stereocenters.